The number of carbonyl (C=O) groups excluding carboxylic acids is 2. The molecule has 1 saturated heterocycles. The summed E-state index contributed by atoms with van der Waals surface area (Å²) in [6.07, 6.45) is 3.12. The van der Waals surface area contributed by atoms with E-state index in [0.29, 0.717) is 18.4 Å². The van der Waals surface area contributed by atoms with Crippen molar-refractivity contribution in [3.63, 3.8) is 0 Å². The molecule has 0 N–H and O–H groups in total. The largest absolute Gasteiger partial charge is 0.462 e. The Morgan fingerprint density at radius 3 is 3.12 bits per heavy atom. The molecule has 4 heteroatoms. The number of ether oxygens (including phenoxy) is 2. The summed E-state index contributed by atoms with van der Waals surface area (Å²) >= 11 is 0. The molecule has 1 heterocycles. The van der Waals surface area contributed by atoms with E-state index in [0.717, 1.165) is 18.9 Å². The molecular weight excluding hydrogens is 208 g/mol. The number of hydrogen-bond donors (Lipinski definition) is 0. The Labute approximate surface area is 93.6 Å². The Kier molecular flexibility index (Phi) is 2.06. The molecule has 86 valence electrons. The zero-order valence-electron chi connectivity index (χ0n) is 8.93. The van der Waals surface area contributed by atoms with Crippen LogP contribution in [0.25, 0.3) is 0 Å². The SMILES string of the molecule is C=CC(=O)OCC1C2OC(=O)C3C[C@@H]1CC32. The van der Waals surface area contributed by atoms with Crippen LogP contribution in [0.15, 0.2) is 12.7 Å². The zero-order chi connectivity index (χ0) is 11.3. The Hall–Kier alpha value is -1.32. The topological polar surface area (TPSA) is 52.6 Å². The highest BCUT2D eigenvalue weighted by Gasteiger charge is 2.61. The van der Waals surface area contributed by atoms with Gasteiger partial charge in [-0.05, 0) is 18.8 Å². The lowest BCUT2D eigenvalue weighted by molar-refractivity contribution is -0.146. The molecule has 5 atom stereocenters. The highest BCUT2D eigenvalue weighted by molar-refractivity contribution is 5.81. The van der Waals surface area contributed by atoms with Crippen molar-refractivity contribution in [2.45, 2.75) is 18.9 Å². The van der Waals surface area contributed by atoms with Crippen LogP contribution in [0, 0.1) is 23.7 Å². The molecule has 1 aliphatic heterocycles. The number of rotatable bonds is 3. The standard InChI is InChI=1S/C12H14O4/c1-2-10(13)15-5-9-6-3-7-8(4-6)12(14)16-11(7)9/h2,6-9,11H,1,3-5H2/t6-,7?,8?,9?,11?/m0/s1. The van der Waals surface area contributed by atoms with Crippen LogP contribution in [0.1, 0.15) is 12.8 Å². The summed E-state index contributed by atoms with van der Waals surface area (Å²) in [4.78, 5) is 22.5. The first-order chi connectivity index (χ1) is 7.70. The van der Waals surface area contributed by atoms with Crippen LogP contribution in [0.4, 0.5) is 0 Å². The summed E-state index contributed by atoms with van der Waals surface area (Å²) < 4.78 is 10.4. The molecule has 16 heavy (non-hydrogen) atoms. The molecule has 3 fully saturated rings. The van der Waals surface area contributed by atoms with Crippen molar-refractivity contribution < 1.29 is 19.1 Å². The Balaban J connectivity index is 1.68. The van der Waals surface area contributed by atoms with Gasteiger partial charge in [0.15, 0.2) is 0 Å². The maximum Gasteiger partial charge on any atom is 0.330 e. The van der Waals surface area contributed by atoms with E-state index in [1.54, 1.807) is 0 Å². The summed E-state index contributed by atoms with van der Waals surface area (Å²) in [5.41, 5.74) is 0. The fraction of sp³-hybridized carbons (Fsp3) is 0.667. The maximum atomic E-state index is 11.5. The van der Waals surface area contributed by atoms with Crippen LogP contribution in [0.3, 0.4) is 0 Å². The molecule has 2 saturated carbocycles. The molecule has 0 radical (unpaired) electrons. The molecule has 0 aromatic rings. The summed E-state index contributed by atoms with van der Waals surface area (Å²) in [5.74, 6) is 0.755. The molecule has 3 rings (SSSR count). The van der Waals surface area contributed by atoms with Crippen LogP contribution >= 0.6 is 0 Å². The monoisotopic (exact) mass is 222 g/mol. The molecule has 0 amide bonds. The van der Waals surface area contributed by atoms with Gasteiger partial charge in [-0.3, -0.25) is 4.79 Å². The quantitative estimate of drug-likeness (QED) is 0.526. The minimum absolute atomic E-state index is 0.00568. The summed E-state index contributed by atoms with van der Waals surface area (Å²) in [6, 6.07) is 0. The third-order valence-corrected chi connectivity index (χ3v) is 4.24. The van der Waals surface area contributed by atoms with Gasteiger partial charge >= 0.3 is 11.9 Å². The van der Waals surface area contributed by atoms with Gasteiger partial charge in [-0.25, -0.2) is 4.79 Å². The van der Waals surface area contributed by atoms with E-state index >= 15 is 0 Å². The van der Waals surface area contributed by atoms with Gasteiger partial charge in [0.05, 0.1) is 12.5 Å². The first kappa shape index (κ1) is 9.87. The molecule has 2 bridgehead atoms. The molecular formula is C12H14O4. The summed E-state index contributed by atoms with van der Waals surface area (Å²) in [5, 5.41) is 0. The van der Waals surface area contributed by atoms with Crippen LogP contribution < -0.4 is 0 Å². The number of esters is 2. The van der Waals surface area contributed by atoms with Crippen molar-refractivity contribution in [3.8, 4) is 0 Å². The second-order valence-corrected chi connectivity index (χ2v) is 4.90. The molecule has 0 aromatic heterocycles. The highest BCUT2D eigenvalue weighted by Crippen LogP contribution is 2.57. The minimum Gasteiger partial charge on any atom is -0.462 e. The molecule has 2 aliphatic carbocycles. The van der Waals surface area contributed by atoms with Gasteiger partial charge in [-0.15, -0.1) is 0 Å². The van der Waals surface area contributed by atoms with Crippen LogP contribution in [0.2, 0.25) is 0 Å². The zero-order valence-corrected chi connectivity index (χ0v) is 8.93. The Morgan fingerprint density at radius 2 is 2.38 bits per heavy atom. The molecule has 4 nitrogen and oxygen atoms in total. The highest BCUT2D eigenvalue weighted by atomic mass is 16.6. The predicted octanol–water partition coefficient (Wildman–Crippen LogP) is 0.913. The second-order valence-electron chi connectivity index (χ2n) is 4.90. The lowest BCUT2D eigenvalue weighted by atomic mass is 9.83. The average Bonchev–Trinajstić information content (AvgIpc) is 2.87. The third-order valence-electron chi connectivity index (χ3n) is 4.24. The van der Waals surface area contributed by atoms with E-state index in [1.165, 1.54) is 0 Å². The van der Waals surface area contributed by atoms with Crippen molar-refractivity contribution in [1.82, 2.24) is 0 Å². The van der Waals surface area contributed by atoms with Crippen molar-refractivity contribution in [2.24, 2.45) is 23.7 Å². The lowest BCUT2D eigenvalue weighted by Crippen LogP contribution is -2.31. The van der Waals surface area contributed by atoms with E-state index < -0.39 is 5.97 Å². The van der Waals surface area contributed by atoms with Gasteiger partial charge < -0.3 is 9.47 Å². The number of fused-ring (bicyclic) bond motifs is 1. The van der Waals surface area contributed by atoms with Gasteiger partial charge in [0.2, 0.25) is 0 Å². The smallest absolute Gasteiger partial charge is 0.330 e. The van der Waals surface area contributed by atoms with Gasteiger partial charge in [0.1, 0.15) is 6.10 Å². The fourth-order valence-electron chi connectivity index (χ4n) is 3.54. The van der Waals surface area contributed by atoms with Gasteiger partial charge in [0, 0.05) is 17.9 Å². The van der Waals surface area contributed by atoms with Crippen molar-refractivity contribution in [2.75, 3.05) is 6.61 Å². The first-order valence-corrected chi connectivity index (χ1v) is 5.70. The van der Waals surface area contributed by atoms with Crippen LogP contribution in [-0.2, 0) is 19.1 Å². The predicted molar refractivity (Wildman–Crippen MR) is 54.2 cm³/mol. The number of hydrogen-bond acceptors (Lipinski definition) is 4. The van der Waals surface area contributed by atoms with Gasteiger partial charge in [0.25, 0.3) is 0 Å². The minimum atomic E-state index is -0.399. The third kappa shape index (κ3) is 1.22. The maximum absolute atomic E-state index is 11.5. The molecule has 4 unspecified atom stereocenters. The van der Waals surface area contributed by atoms with E-state index in [-0.39, 0.29) is 23.9 Å². The first-order valence-electron chi connectivity index (χ1n) is 5.70. The van der Waals surface area contributed by atoms with Gasteiger partial charge in [-0.2, -0.15) is 0 Å². The number of carbonyl (C=O) groups is 2. The molecule has 0 spiro atoms. The normalized spacial score (nSPS) is 43.2. The summed E-state index contributed by atoms with van der Waals surface area (Å²) in [6.45, 7) is 3.71. The van der Waals surface area contributed by atoms with Crippen molar-refractivity contribution >= 4 is 11.9 Å². The van der Waals surface area contributed by atoms with E-state index in [9.17, 15) is 9.59 Å². The van der Waals surface area contributed by atoms with Crippen molar-refractivity contribution in [1.29, 1.82) is 0 Å². The van der Waals surface area contributed by atoms with E-state index in [2.05, 4.69) is 6.58 Å². The van der Waals surface area contributed by atoms with Crippen LogP contribution in [0.5, 0.6) is 0 Å². The molecule has 3 aliphatic rings. The lowest BCUT2D eigenvalue weighted by Gasteiger charge is -2.24. The van der Waals surface area contributed by atoms with Gasteiger partial charge in [-0.1, -0.05) is 6.58 Å². The molecule has 0 aromatic carbocycles. The van der Waals surface area contributed by atoms with E-state index in [4.69, 9.17) is 9.47 Å². The second kappa shape index (κ2) is 3.34. The van der Waals surface area contributed by atoms with Crippen LogP contribution in [-0.4, -0.2) is 24.6 Å². The fourth-order valence-corrected chi connectivity index (χ4v) is 3.54. The van der Waals surface area contributed by atoms with E-state index in [1.807, 2.05) is 0 Å². The Bertz CT molecular complexity index is 362. The van der Waals surface area contributed by atoms with Crippen molar-refractivity contribution in [3.05, 3.63) is 12.7 Å². The Morgan fingerprint density at radius 1 is 1.56 bits per heavy atom. The average molecular weight is 222 g/mol. The summed E-state index contributed by atoms with van der Waals surface area (Å²) in [7, 11) is 0.